The first kappa shape index (κ1) is 103. The van der Waals surface area contributed by atoms with Crippen LogP contribution in [0.5, 0.6) is 0 Å². The van der Waals surface area contributed by atoms with E-state index in [9.17, 15) is 68.4 Å². The Morgan fingerprint density at radius 3 is 0.578 bits per heavy atom. The molecule has 0 rings (SSSR count). The molecule has 4 unspecified atom stereocenters. The molecule has 0 aliphatic carbocycles. The molecule has 0 aliphatic rings. The summed E-state index contributed by atoms with van der Waals surface area (Å²) in [4.78, 5) is 148. The lowest BCUT2D eigenvalue weighted by molar-refractivity contribution is -0.165. The molecule has 0 saturated heterocycles. The van der Waals surface area contributed by atoms with Crippen molar-refractivity contribution >= 4 is 59.7 Å². The molecule has 636 valence electrons. The Kier molecular flexibility index (Phi) is 42.2. The highest BCUT2D eigenvalue weighted by atomic mass is 16.6. The maximum Gasteiger partial charge on any atom is 0.320 e. The van der Waals surface area contributed by atoms with Crippen LogP contribution in [0.1, 0.15) is 208 Å². The molecule has 33 nitrogen and oxygen atoms in total. The Balaban J connectivity index is 8.28. The molecule has 4 atom stereocenters. The lowest BCUT2D eigenvalue weighted by atomic mass is 10.1. The van der Waals surface area contributed by atoms with Crippen LogP contribution in [0.4, 0.5) is 0 Å². The normalized spacial score (nSPS) is 14.4. The summed E-state index contributed by atoms with van der Waals surface area (Å²) in [5, 5.41) is 52.5. The molecule has 0 fully saturated rings. The molecule has 109 heavy (non-hydrogen) atoms. The monoisotopic (exact) mass is 1570 g/mol. The van der Waals surface area contributed by atoms with E-state index in [4.69, 9.17) is 47.4 Å². The fraction of sp³-hybridized carbons (Fsp3) is 0.868. The quantitative estimate of drug-likeness (QED) is 0.0289. The third kappa shape index (κ3) is 57.0. The number of ether oxygens (including phenoxy) is 10. The van der Waals surface area contributed by atoms with Gasteiger partial charge in [0.05, 0.1) is 77.5 Å². The summed E-state index contributed by atoms with van der Waals surface area (Å²) < 4.78 is 57.1. The predicted molar refractivity (Wildman–Crippen MR) is 408 cm³/mol. The zero-order valence-electron chi connectivity index (χ0n) is 71.8. The van der Waals surface area contributed by atoms with Gasteiger partial charge < -0.3 is 67.8 Å². The smallest absolute Gasteiger partial charge is 0.320 e. The minimum Gasteiger partial charge on any atom is -0.459 e. The molecule has 33 heteroatoms. The van der Waals surface area contributed by atoms with Crippen molar-refractivity contribution < 1.29 is 116 Å². The molecule has 0 amide bonds. The second-order valence-electron chi connectivity index (χ2n) is 37.3. The maximum absolute atomic E-state index is 14.0. The van der Waals surface area contributed by atoms with Gasteiger partial charge in [-0.2, -0.15) is 0 Å². The summed E-state index contributed by atoms with van der Waals surface area (Å²) in [7, 11) is 0. The van der Waals surface area contributed by atoms with Crippen LogP contribution >= 0.6 is 0 Å². The molecule has 0 aromatic carbocycles. The average molecular weight is 1570 g/mol. The van der Waals surface area contributed by atoms with Crippen molar-refractivity contribution in [3.05, 3.63) is 0 Å². The number of nitrogens with one attached hydrogen (secondary N) is 2. The number of carbonyl (C=O) groups is 10. The summed E-state index contributed by atoms with van der Waals surface area (Å²) in [6, 6.07) is -2.68. The van der Waals surface area contributed by atoms with Crippen LogP contribution in [-0.2, 0) is 95.3 Å². The van der Waals surface area contributed by atoms with Crippen LogP contribution in [0, 0.1) is 0 Å². The molecule has 0 aromatic heterocycles. The minimum atomic E-state index is -1.95. The standard InChI is InChI=1S/C76H143N9O24/c1-67(2,3)100-55(88)42-80(35-37-82(44-57(90)102-69(7,8)9)45-58(91)103-70(10,11)12)39-52(84(48-61(94)106-73(19,20)21)49-62(95)107-74(22,23)24)65(98)77-31-33-79(41-54(86)87)34-32-78-66(99)53(85(50-63(96)108-75(25,26)27)51-64(97)109-76(28,29)30)40-81(43-56(89)101-68(4,5)6)36-38-83(46-59(92)104-71(13,14)15)47-60(93)105-72(16,17)18/h52-54,65-66,77-78,86-87,98-99H,31-51H2,1-30H3. The third-order valence-electron chi connectivity index (χ3n) is 13.7. The van der Waals surface area contributed by atoms with Gasteiger partial charge in [-0.05, 0) is 208 Å². The van der Waals surface area contributed by atoms with Gasteiger partial charge in [-0.25, -0.2) is 0 Å². The van der Waals surface area contributed by atoms with Crippen molar-refractivity contribution in [3.63, 3.8) is 0 Å². The van der Waals surface area contributed by atoms with E-state index < -0.39 is 219 Å². The maximum atomic E-state index is 14.0. The SMILES string of the molecule is CC(C)(C)OC(=O)CN(CCN(CC(=O)OC(C)(C)C)CC(C(O)NCCN(CCNC(O)C(CN(CCN(CC(=O)OC(C)(C)C)CC(=O)OC(C)(C)C)CC(=O)OC(C)(C)C)N(CC(=O)OC(C)(C)C)CC(=O)OC(C)(C)C)CC(O)O)N(CC(=O)OC(C)(C)C)CC(=O)OC(C)(C)C)CC(=O)OC(C)(C)C. The lowest BCUT2D eigenvalue weighted by Gasteiger charge is -2.39. The van der Waals surface area contributed by atoms with Crippen molar-refractivity contribution in [3.8, 4) is 0 Å². The first-order valence-electron chi connectivity index (χ1n) is 37.4. The lowest BCUT2D eigenvalue weighted by Crippen LogP contribution is -2.60. The van der Waals surface area contributed by atoms with Gasteiger partial charge in [0.25, 0.3) is 0 Å². The van der Waals surface area contributed by atoms with E-state index in [0.717, 1.165) is 0 Å². The summed E-state index contributed by atoms with van der Waals surface area (Å²) in [5.74, 6) is -7.35. The third-order valence-corrected chi connectivity index (χ3v) is 13.7. The molecular weight excluding hydrogens is 1420 g/mol. The fourth-order valence-electron chi connectivity index (χ4n) is 10.4. The van der Waals surface area contributed by atoms with Crippen molar-refractivity contribution in [2.75, 3.05) is 137 Å². The van der Waals surface area contributed by atoms with Crippen LogP contribution in [-0.4, -0.2) is 339 Å². The molecule has 0 heterocycles. The topological polar surface area (TPSA) is 391 Å². The Bertz CT molecular complexity index is 2540. The number of nitrogens with zero attached hydrogens (tertiary/aromatic N) is 7. The summed E-state index contributed by atoms with van der Waals surface area (Å²) >= 11 is 0. The number of hydrogen-bond acceptors (Lipinski definition) is 33. The fourth-order valence-corrected chi connectivity index (χ4v) is 10.4. The van der Waals surface area contributed by atoms with Gasteiger partial charge in [0.1, 0.15) is 68.5 Å². The predicted octanol–water partition coefficient (Wildman–Crippen LogP) is 3.38. The van der Waals surface area contributed by atoms with Crippen molar-refractivity contribution in [1.82, 2.24) is 44.9 Å². The Labute approximate surface area is 649 Å². The largest absolute Gasteiger partial charge is 0.459 e. The van der Waals surface area contributed by atoms with E-state index in [1.165, 1.54) is 19.6 Å². The van der Waals surface area contributed by atoms with Crippen LogP contribution < -0.4 is 10.6 Å². The van der Waals surface area contributed by atoms with E-state index in [2.05, 4.69) is 10.6 Å². The van der Waals surface area contributed by atoms with Crippen LogP contribution in [0.3, 0.4) is 0 Å². The van der Waals surface area contributed by atoms with Gasteiger partial charge in [0.15, 0.2) is 6.29 Å². The van der Waals surface area contributed by atoms with Crippen molar-refractivity contribution in [1.29, 1.82) is 0 Å². The van der Waals surface area contributed by atoms with E-state index in [-0.39, 0.29) is 65.4 Å². The zero-order valence-corrected chi connectivity index (χ0v) is 71.8. The highest BCUT2D eigenvalue weighted by molar-refractivity contribution is 5.78. The minimum absolute atomic E-state index is 0.0944. The van der Waals surface area contributed by atoms with Gasteiger partial charge in [0.2, 0.25) is 0 Å². The van der Waals surface area contributed by atoms with Gasteiger partial charge in [-0.3, -0.25) is 92.9 Å². The molecule has 0 aromatic rings. The second-order valence-corrected chi connectivity index (χ2v) is 37.3. The molecule has 0 saturated carbocycles. The van der Waals surface area contributed by atoms with Crippen LogP contribution in [0.2, 0.25) is 0 Å². The Morgan fingerprint density at radius 1 is 0.239 bits per heavy atom. The molecule has 6 N–H and O–H groups in total. The van der Waals surface area contributed by atoms with E-state index in [1.54, 1.807) is 222 Å². The number of rotatable bonds is 44. The Hall–Kier alpha value is -5.82. The summed E-state index contributed by atoms with van der Waals surface area (Å²) in [5.41, 5.74) is -9.67. The number of hydrogen-bond donors (Lipinski definition) is 6. The number of esters is 10. The number of carbonyl (C=O) groups excluding carboxylic acids is 10. The van der Waals surface area contributed by atoms with Gasteiger partial charge in [-0.1, -0.05) is 0 Å². The molecule has 0 spiro atoms. The zero-order chi connectivity index (χ0) is 85.0. The highest BCUT2D eigenvalue weighted by Gasteiger charge is 2.39. The summed E-state index contributed by atoms with van der Waals surface area (Å²) in [6.07, 6.45) is -5.40. The molecular formula is C76H143N9O24. The van der Waals surface area contributed by atoms with Gasteiger partial charge >= 0.3 is 59.7 Å². The van der Waals surface area contributed by atoms with Gasteiger partial charge in [-0.15, -0.1) is 0 Å². The second kappa shape index (κ2) is 44.6. The van der Waals surface area contributed by atoms with Crippen molar-refractivity contribution in [2.24, 2.45) is 0 Å². The van der Waals surface area contributed by atoms with Crippen LogP contribution in [0.25, 0.3) is 0 Å². The Morgan fingerprint density at radius 2 is 0.404 bits per heavy atom. The summed E-state index contributed by atoms with van der Waals surface area (Å²) in [6.45, 7) is 43.0. The number of aliphatic hydroxyl groups excluding tert-OH is 3. The molecule has 0 bridgehead atoms. The number of aliphatic hydroxyl groups is 4. The average Bonchev–Trinajstić information content (AvgIpc) is 0.843. The van der Waals surface area contributed by atoms with Gasteiger partial charge in [0, 0.05) is 72.0 Å². The van der Waals surface area contributed by atoms with E-state index in [0.29, 0.717) is 0 Å². The molecule has 0 radical (unpaired) electrons. The first-order valence-corrected chi connectivity index (χ1v) is 37.4. The highest BCUT2D eigenvalue weighted by Crippen LogP contribution is 2.21. The van der Waals surface area contributed by atoms with E-state index >= 15 is 0 Å². The van der Waals surface area contributed by atoms with E-state index in [1.807, 2.05) is 0 Å². The van der Waals surface area contributed by atoms with Crippen molar-refractivity contribution in [2.45, 2.75) is 295 Å². The molecule has 0 aliphatic heterocycles. The first-order chi connectivity index (χ1) is 48.9. The van der Waals surface area contributed by atoms with Crippen LogP contribution in [0.15, 0.2) is 0 Å².